The molecule has 0 N–H and O–H groups in total. The van der Waals surface area contributed by atoms with Crippen molar-refractivity contribution >= 4 is 23.2 Å². The lowest BCUT2D eigenvalue weighted by molar-refractivity contribution is 0.620. The first-order valence-corrected chi connectivity index (χ1v) is 5.95. The van der Waals surface area contributed by atoms with Crippen LogP contribution in [0.25, 0.3) is 0 Å². The van der Waals surface area contributed by atoms with Crippen molar-refractivity contribution in [3.8, 4) is 0 Å². The molecular formula is C12H12Cl2N2. The average Bonchev–Trinajstić information content (AvgIpc) is 2.76. The SMILES string of the molecule is CC(c1cccc(Cl)c1)n1cncc1CCl. The molecule has 1 aromatic carbocycles. The number of hydrogen-bond donors (Lipinski definition) is 0. The first kappa shape index (κ1) is 11.5. The smallest absolute Gasteiger partial charge is 0.0954 e. The minimum Gasteiger partial charge on any atom is -0.326 e. The van der Waals surface area contributed by atoms with Crippen LogP contribution in [-0.4, -0.2) is 9.55 Å². The Morgan fingerprint density at radius 3 is 2.94 bits per heavy atom. The highest BCUT2D eigenvalue weighted by Gasteiger charge is 2.11. The molecule has 1 heterocycles. The monoisotopic (exact) mass is 254 g/mol. The molecule has 0 saturated carbocycles. The van der Waals surface area contributed by atoms with Crippen LogP contribution >= 0.6 is 23.2 Å². The van der Waals surface area contributed by atoms with Crippen molar-refractivity contribution in [1.29, 1.82) is 0 Å². The van der Waals surface area contributed by atoms with E-state index in [1.165, 1.54) is 0 Å². The number of nitrogens with zero attached hydrogens (tertiary/aromatic N) is 2. The molecule has 0 fully saturated rings. The summed E-state index contributed by atoms with van der Waals surface area (Å²) in [6.07, 6.45) is 3.58. The number of alkyl halides is 1. The fourth-order valence-electron chi connectivity index (χ4n) is 1.71. The van der Waals surface area contributed by atoms with Crippen LogP contribution in [-0.2, 0) is 5.88 Å². The van der Waals surface area contributed by atoms with Crippen molar-refractivity contribution < 1.29 is 0 Å². The van der Waals surface area contributed by atoms with Gasteiger partial charge in [-0.3, -0.25) is 0 Å². The molecule has 0 aliphatic rings. The molecule has 4 heteroatoms. The molecule has 1 atom stereocenters. The predicted octanol–water partition coefficient (Wildman–Crippen LogP) is 3.88. The standard InChI is InChI=1S/C12H12Cl2N2/c1-9(10-3-2-4-11(14)5-10)16-8-15-7-12(16)6-13/h2-5,7-9H,6H2,1H3. The van der Waals surface area contributed by atoms with E-state index in [0.717, 1.165) is 16.3 Å². The summed E-state index contributed by atoms with van der Waals surface area (Å²) in [6.45, 7) is 2.10. The lowest BCUT2D eigenvalue weighted by atomic mass is 10.1. The van der Waals surface area contributed by atoms with Crippen LogP contribution in [0.1, 0.15) is 24.2 Å². The van der Waals surface area contributed by atoms with Crippen molar-refractivity contribution in [3.05, 3.63) is 53.1 Å². The zero-order chi connectivity index (χ0) is 11.5. The van der Waals surface area contributed by atoms with Crippen molar-refractivity contribution in [1.82, 2.24) is 9.55 Å². The third-order valence-electron chi connectivity index (χ3n) is 2.63. The maximum Gasteiger partial charge on any atom is 0.0954 e. The summed E-state index contributed by atoms with van der Waals surface area (Å²) in [7, 11) is 0. The van der Waals surface area contributed by atoms with Gasteiger partial charge in [0, 0.05) is 11.2 Å². The van der Waals surface area contributed by atoms with Gasteiger partial charge in [0.15, 0.2) is 0 Å². The summed E-state index contributed by atoms with van der Waals surface area (Å²) < 4.78 is 2.05. The van der Waals surface area contributed by atoms with E-state index in [0.29, 0.717) is 5.88 Å². The van der Waals surface area contributed by atoms with E-state index in [4.69, 9.17) is 23.2 Å². The molecule has 2 aromatic rings. The number of aromatic nitrogens is 2. The van der Waals surface area contributed by atoms with E-state index in [1.54, 1.807) is 12.5 Å². The number of halogens is 2. The molecule has 2 nitrogen and oxygen atoms in total. The highest BCUT2D eigenvalue weighted by molar-refractivity contribution is 6.30. The van der Waals surface area contributed by atoms with Crippen LogP contribution in [0.3, 0.4) is 0 Å². The van der Waals surface area contributed by atoms with Crippen LogP contribution in [0.4, 0.5) is 0 Å². The molecule has 0 saturated heterocycles. The summed E-state index contributed by atoms with van der Waals surface area (Å²) in [4.78, 5) is 4.11. The van der Waals surface area contributed by atoms with Crippen LogP contribution < -0.4 is 0 Å². The summed E-state index contributed by atoms with van der Waals surface area (Å²) >= 11 is 11.8. The molecule has 16 heavy (non-hydrogen) atoms. The van der Waals surface area contributed by atoms with Crippen molar-refractivity contribution in [2.75, 3.05) is 0 Å². The maximum atomic E-state index is 5.97. The number of rotatable bonds is 3. The Morgan fingerprint density at radius 1 is 1.44 bits per heavy atom. The van der Waals surface area contributed by atoms with Gasteiger partial charge in [-0.15, -0.1) is 11.6 Å². The Morgan fingerprint density at radius 2 is 2.25 bits per heavy atom. The molecule has 2 rings (SSSR count). The first-order valence-electron chi connectivity index (χ1n) is 5.04. The third-order valence-corrected chi connectivity index (χ3v) is 3.14. The highest BCUT2D eigenvalue weighted by Crippen LogP contribution is 2.22. The van der Waals surface area contributed by atoms with Crippen molar-refractivity contribution in [2.24, 2.45) is 0 Å². The van der Waals surface area contributed by atoms with E-state index >= 15 is 0 Å². The molecule has 0 spiro atoms. The Labute approximate surface area is 105 Å². The molecular weight excluding hydrogens is 243 g/mol. The number of imidazole rings is 1. The van der Waals surface area contributed by atoms with Crippen molar-refractivity contribution in [3.63, 3.8) is 0 Å². The Bertz CT molecular complexity index is 479. The van der Waals surface area contributed by atoms with E-state index in [2.05, 4.69) is 22.5 Å². The minimum atomic E-state index is 0.190. The summed E-state index contributed by atoms with van der Waals surface area (Å²) in [5.74, 6) is 0.463. The largest absolute Gasteiger partial charge is 0.326 e. The van der Waals surface area contributed by atoms with Crippen LogP contribution in [0.15, 0.2) is 36.8 Å². The van der Waals surface area contributed by atoms with Gasteiger partial charge in [-0.2, -0.15) is 0 Å². The minimum absolute atomic E-state index is 0.190. The first-order chi connectivity index (χ1) is 7.72. The van der Waals surface area contributed by atoms with E-state index in [-0.39, 0.29) is 6.04 Å². The van der Waals surface area contributed by atoms with Crippen LogP contribution in [0, 0.1) is 0 Å². The molecule has 1 unspecified atom stereocenters. The van der Waals surface area contributed by atoms with Gasteiger partial charge in [-0.05, 0) is 24.6 Å². The molecule has 1 aromatic heterocycles. The van der Waals surface area contributed by atoms with Gasteiger partial charge < -0.3 is 4.57 Å². The zero-order valence-electron chi connectivity index (χ0n) is 8.90. The molecule has 0 aliphatic carbocycles. The second kappa shape index (κ2) is 4.89. The second-order valence-corrected chi connectivity index (χ2v) is 4.36. The van der Waals surface area contributed by atoms with Gasteiger partial charge in [-0.1, -0.05) is 23.7 Å². The van der Waals surface area contributed by atoms with Gasteiger partial charge in [0.1, 0.15) is 0 Å². The fourth-order valence-corrected chi connectivity index (χ4v) is 2.12. The Balaban J connectivity index is 2.35. The van der Waals surface area contributed by atoms with Gasteiger partial charge in [0.2, 0.25) is 0 Å². The normalized spacial score (nSPS) is 12.7. The molecule has 84 valence electrons. The number of hydrogen-bond acceptors (Lipinski definition) is 1. The van der Waals surface area contributed by atoms with Crippen LogP contribution in [0.2, 0.25) is 5.02 Å². The van der Waals surface area contributed by atoms with Crippen LogP contribution in [0.5, 0.6) is 0 Å². The highest BCUT2D eigenvalue weighted by atomic mass is 35.5. The zero-order valence-corrected chi connectivity index (χ0v) is 10.4. The topological polar surface area (TPSA) is 17.8 Å². The quantitative estimate of drug-likeness (QED) is 0.761. The molecule has 0 amide bonds. The van der Waals surface area contributed by atoms with Gasteiger partial charge >= 0.3 is 0 Å². The van der Waals surface area contributed by atoms with Crippen molar-refractivity contribution in [2.45, 2.75) is 18.8 Å². The third kappa shape index (κ3) is 2.23. The summed E-state index contributed by atoms with van der Waals surface area (Å²) in [5.41, 5.74) is 2.16. The van der Waals surface area contributed by atoms with E-state index in [9.17, 15) is 0 Å². The average molecular weight is 255 g/mol. The lowest BCUT2D eigenvalue weighted by Crippen LogP contribution is -2.08. The van der Waals surface area contributed by atoms with Gasteiger partial charge in [0.05, 0.1) is 23.9 Å². The van der Waals surface area contributed by atoms with E-state index < -0.39 is 0 Å². The lowest BCUT2D eigenvalue weighted by Gasteiger charge is -2.16. The number of benzene rings is 1. The summed E-state index contributed by atoms with van der Waals surface area (Å²) in [6, 6.07) is 8.02. The van der Waals surface area contributed by atoms with Gasteiger partial charge in [0.25, 0.3) is 0 Å². The maximum absolute atomic E-state index is 5.97. The summed E-state index contributed by atoms with van der Waals surface area (Å²) in [5, 5.41) is 0.747. The van der Waals surface area contributed by atoms with Gasteiger partial charge in [-0.25, -0.2) is 4.98 Å². The van der Waals surface area contributed by atoms with E-state index in [1.807, 2.05) is 18.2 Å². The molecule has 0 bridgehead atoms. The fraction of sp³-hybridized carbons (Fsp3) is 0.250. The molecule has 0 radical (unpaired) electrons. The second-order valence-electron chi connectivity index (χ2n) is 3.66. The Hall–Kier alpha value is -0.990. The predicted molar refractivity (Wildman–Crippen MR) is 67.0 cm³/mol. The Kier molecular flexibility index (Phi) is 3.52. The molecule has 0 aliphatic heterocycles.